The normalized spacial score (nSPS) is 12.1. The van der Waals surface area contributed by atoms with Crippen molar-refractivity contribution in [3.63, 3.8) is 0 Å². The Kier molecular flexibility index (Phi) is 4.20. The summed E-state index contributed by atoms with van der Waals surface area (Å²) in [6, 6.07) is 4.77. The van der Waals surface area contributed by atoms with Gasteiger partial charge in [-0.05, 0) is 33.8 Å². The number of hydrogen-bond donors (Lipinski definition) is 3. The fraction of sp³-hybridized carbons (Fsp3) is 0.500. The lowest BCUT2D eigenvalue weighted by molar-refractivity contribution is -0.0982. The van der Waals surface area contributed by atoms with E-state index in [1.807, 2.05) is 6.07 Å². The number of nitrogens with zero attached hydrogens (tertiary/aromatic N) is 2. The molecule has 4 N–H and O–H groups in total. The van der Waals surface area contributed by atoms with E-state index in [0.717, 1.165) is 0 Å². The van der Waals surface area contributed by atoms with Gasteiger partial charge in [-0.2, -0.15) is 5.26 Å². The molecule has 0 aromatic carbocycles. The summed E-state index contributed by atoms with van der Waals surface area (Å²) in [5.74, 6) is 0.0260. The number of rotatable bonds is 4. The van der Waals surface area contributed by atoms with Crippen LogP contribution >= 0.6 is 0 Å². The van der Waals surface area contributed by atoms with Gasteiger partial charge in [0.05, 0.1) is 11.2 Å². The molecular weight excluding hydrogens is 245 g/mol. The van der Waals surface area contributed by atoms with Crippen LogP contribution in [-0.2, 0) is 4.65 Å². The van der Waals surface area contributed by atoms with Gasteiger partial charge in [-0.3, -0.25) is 0 Å². The molecular formula is C12H18BN3O3. The molecule has 0 aliphatic rings. The zero-order valence-corrected chi connectivity index (χ0v) is 11.5. The van der Waals surface area contributed by atoms with Crippen LogP contribution in [-0.4, -0.2) is 33.4 Å². The third-order valence-corrected chi connectivity index (χ3v) is 3.22. The summed E-state index contributed by atoms with van der Waals surface area (Å²) in [6.07, 6.45) is 0. The van der Waals surface area contributed by atoms with Gasteiger partial charge in [0.15, 0.2) is 0 Å². The summed E-state index contributed by atoms with van der Waals surface area (Å²) in [4.78, 5) is 3.82. The quantitative estimate of drug-likeness (QED) is 0.648. The highest BCUT2D eigenvalue weighted by Crippen LogP contribution is 2.25. The lowest BCUT2D eigenvalue weighted by Crippen LogP contribution is -2.53. The molecule has 6 nitrogen and oxygen atoms in total. The monoisotopic (exact) mass is 263 g/mol. The highest BCUT2D eigenvalue weighted by molar-refractivity contribution is 6.61. The Bertz CT molecular complexity index is 506. The molecule has 0 atom stereocenters. The Morgan fingerprint density at radius 3 is 2.37 bits per heavy atom. The van der Waals surface area contributed by atoms with Crippen LogP contribution in [0.25, 0.3) is 0 Å². The number of nitrogens with two attached hydrogens (primary N) is 1. The van der Waals surface area contributed by atoms with Crippen LogP contribution < -0.4 is 11.2 Å². The Hall–Kier alpha value is -1.62. The molecule has 0 aliphatic heterocycles. The van der Waals surface area contributed by atoms with Crippen molar-refractivity contribution in [1.82, 2.24) is 4.98 Å². The van der Waals surface area contributed by atoms with Gasteiger partial charge in [-0.25, -0.2) is 4.98 Å². The molecule has 1 heterocycles. The van der Waals surface area contributed by atoms with Crippen molar-refractivity contribution in [2.24, 2.45) is 0 Å². The van der Waals surface area contributed by atoms with E-state index in [1.54, 1.807) is 27.7 Å². The van der Waals surface area contributed by atoms with E-state index in [4.69, 9.17) is 15.6 Å². The van der Waals surface area contributed by atoms with Gasteiger partial charge in [0, 0.05) is 5.46 Å². The summed E-state index contributed by atoms with van der Waals surface area (Å²) in [5, 5.41) is 28.7. The summed E-state index contributed by atoms with van der Waals surface area (Å²) in [6.45, 7) is 6.48. The predicted molar refractivity (Wildman–Crippen MR) is 72.4 cm³/mol. The molecule has 7 heteroatoms. The molecule has 0 unspecified atom stereocenters. The van der Waals surface area contributed by atoms with Crippen LogP contribution in [0.1, 0.15) is 33.4 Å². The third kappa shape index (κ3) is 3.44. The highest BCUT2D eigenvalue weighted by Gasteiger charge is 2.40. The lowest BCUT2D eigenvalue weighted by Gasteiger charge is -2.38. The Labute approximate surface area is 113 Å². The van der Waals surface area contributed by atoms with Crippen LogP contribution in [0.3, 0.4) is 0 Å². The molecule has 0 fully saturated rings. The van der Waals surface area contributed by atoms with Crippen LogP contribution in [0.5, 0.6) is 0 Å². The van der Waals surface area contributed by atoms with E-state index < -0.39 is 18.3 Å². The van der Waals surface area contributed by atoms with Crippen molar-refractivity contribution in [3.8, 4) is 6.07 Å². The minimum absolute atomic E-state index is 0.0260. The molecule has 19 heavy (non-hydrogen) atoms. The second kappa shape index (κ2) is 5.17. The van der Waals surface area contributed by atoms with Crippen LogP contribution in [0.4, 0.5) is 5.82 Å². The van der Waals surface area contributed by atoms with Gasteiger partial charge >= 0.3 is 7.12 Å². The number of pyridine rings is 1. The van der Waals surface area contributed by atoms with Crippen molar-refractivity contribution < 1.29 is 14.8 Å². The third-order valence-electron chi connectivity index (χ3n) is 3.22. The average Bonchev–Trinajstić information content (AvgIpc) is 2.26. The first-order chi connectivity index (χ1) is 8.58. The fourth-order valence-electron chi connectivity index (χ4n) is 1.24. The standard InChI is InChI=1S/C12H18BN3O3/c1-11(2,17)12(3,4)19-13(18)9-6-5-8(7-14)16-10(9)15/h5-6,17-18H,1-4H3,(H2,15,16). The number of nitriles is 1. The Morgan fingerprint density at radius 2 is 1.95 bits per heavy atom. The van der Waals surface area contributed by atoms with Gasteiger partial charge in [0.25, 0.3) is 0 Å². The van der Waals surface area contributed by atoms with E-state index in [-0.39, 0.29) is 17.0 Å². The molecule has 0 aliphatic carbocycles. The molecule has 0 saturated heterocycles. The number of anilines is 1. The van der Waals surface area contributed by atoms with Crippen LogP contribution in [0.15, 0.2) is 12.1 Å². The van der Waals surface area contributed by atoms with Gasteiger partial charge in [0.1, 0.15) is 17.6 Å². The molecule has 0 amide bonds. The average molecular weight is 263 g/mol. The Morgan fingerprint density at radius 1 is 1.37 bits per heavy atom. The molecule has 0 spiro atoms. The molecule has 102 valence electrons. The van der Waals surface area contributed by atoms with Crippen molar-refractivity contribution in [2.45, 2.75) is 38.9 Å². The number of hydrogen-bond acceptors (Lipinski definition) is 6. The number of nitrogen functional groups attached to an aromatic ring is 1. The molecule has 1 aromatic rings. The summed E-state index contributed by atoms with van der Waals surface area (Å²) in [5.41, 5.74) is 3.94. The first-order valence-electron chi connectivity index (χ1n) is 5.83. The van der Waals surface area contributed by atoms with E-state index in [0.29, 0.717) is 0 Å². The summed E-state index contributed by atoms with van der Waals surface area (Å²) >= 11 is 0. The zero-order chi connectivity index (χ0) is 14.8. The van der Waals surface area contributed by atoms with Crippen molar-refractivity contribution in [2.75, 3.05) is 5.73 Å². The first kappa shape index (κ1) is 15.4. The minimum atomic E-state index is -1.33. The lowest BCUT2D eigenvalue weighted by atomic mass is 9.76. The van der Waals surface area contributed by atoms with Crippen molar-refractivity contribution in [1.29, 1.82) is 5.26 Å². The maximum atomic E-state index is 10.0. The Balaban J connectivity index is 2.97. The van der Waals surface area contributed by atoms with Gasteiger partial charge in [-0.15, -0.1) is 0 Å². The maximum Gasteiger partial charge on any atom is 0.495 e. The van der Waals surface area contributed by atoms with Gasteiger partial charge in [0.2, 0.25) is 0 Å². The van der Waals surface area contributed by atoms with Crippen molar-refractivity contribution in [3.05, 3.63) is 17.8 Å². The SMILES string of the molecule is CC(C)(O)C(C)(C)OB(O)c1ccc(C#N)nc1N. The zero-order valence-electron chi connectivity index (χ0n) is 11.5. The van der Waals surface area contributed by atoms with Crippen molar-refractivity contribution >= 4 is 18.4 Å². The van der Waals surface area contributed by atoms with E-state index in [9.17, 15) is 10.1 Å². The molecule has 0 bridgehead atoms. The van der Waals surface area contributed by atoms with Crippen LogP contribution in [0.2, 0.25) is 0 Å². The molecule has 1 rings (SSSR count). The van der Waals surface area contributed by atoms with Crippen LogP contribution in [0, 0.1) is 11.3 Å². The molecule has 1 aromatic heterocycles. The van der Waals surface area contributed by atoms with E-state index >= 15 is 0 Å². The topological polar surface area (TPSA) is 112 Å². The molecule has 0 radical (unpaired) electrons. The fourth-order valence-corrected chi connectivity index (χ4v) is 1.24. The summed E-state index contributed by atoms with van der Waals surface area (Å²) in [7, 11) is -1.33. The molecule has 0 saturated carbocycles. The smallest absolute Gasteiger partial charge is 0.423 e. The second-order valence-electron chi connectivity index (χ2n) is 5.32. The maximum absolute atomic E-state index is 10.0. The van der Waals surface area contributed by atoms with E-state index in [2.05, 4.69) is 4.98 Å². The van der Waals surface area contributed by atoms with E-state index in [1.165, 1.54) is 12.1 Å². The largest absolute Gasteiger partial charge is 0.495 e. The highest BCUT2D eigenvalue weighted by atomic mass is 16.5. The van der Waals surface area contributed by atoms with Gasteiger partial charge in [-0.1, -0.05) is 6.07 Å². The first-order valence-corrected chi connectivity index (χ1v) is 5.83. The number of aliphatic hydroxyl groups is 1. The predicted octanol–water partition coefficient (Wildman–Crippen LogP) is -0.211. The second-order valence-corrected chi connectivity index (χ2v) is 5.32. The summed E-state index contributed by atoms with van der Waals surface area (Å²) < 4.78 is 5.45. The van der Waals surface area contributed by atoms with Gasteiger partial charge < -0.3 is 20.5 Å². The minimum Gasteiger partial charge on any atom is -0.423 e. The number of aromatic nitrogens is 1.